The Bertz CT molecular complexity index is 392. The Hall–Kier alpha value is -2.36. The molecule has 1 unspecified atom stereocenters. The zero-order chi connectivity index (χ0) is 15.7. The van der Waals surface area contributed by atoms with Gasteiger partial charge in [0.2, 0.25) is 0 Å². The molecule has 0 saturated heterocycles. The van der Waals surface area contributed by atoms with Crippen LogP contribution in [0.25, 0.3) is 0 Å². The number of hydrogen-bond donors (Lipinski definition) is 5. The molecule has 0 saturated carbocycles. The minimum atomic E-state index is -1.51. The molecule has 0 aliphatic heterocycles. The monoisotopic (exact) mass is 291 g/mol. The number of amidine groups is 1. The maximum Gasteiger partial charge on any atom is 0.321 e. The normalized spacial score (nSPS) is 14.3. The molecule has 0 spiro atoms. The molecule has 0 radical (unpaired) electrons. The molecular weight excluding hydrogens is 274 g/mol. The lowest BCUT2D eigenvalue weighted by atomic mass is 10.1. The Kier molecular flexibility index (Phi) is 7.67. The molecule has 10 heteroatoms. The second kappa shape index (κ2) is 8.69. The lowest BCUT2D eigenvalue weighted by Gasteiger charge is -2.18. The maximum absolute atomic E-state index is 11.0. The van der Waals surface area contributed by atoms with Gasteiger partial charge >= 0.3 is 17.9 Å². The Morgan fingerprint density at radius 3 is 2.15 bits per heavy atom. The third kappa shape index (κ3) is 7.87. The number of carboxylic acid groups (broad SMARTS) is 3. The molecule has 20 heavy (non-hydrogen) atoms. The quantitative estimate of drug-likeness (QED) is 0.141. The molecule has 10 nitrogen and oxygen atoms in total. The summed E-state index contributed by atoms with van der Waals surface area (Å²) in [5.74, 6) is -3.97. The van der Waals surface area contributed by atoms with Crippen molar-refractivity contribution in [1.82, 2.24) is 5.32 Å². The van der Waals surface area contributed by atoms with E-state index in [2.05, 4.69) is 10.5 Å². The van der Waals surface area contributed by atoms with Gasteiger partial charge in [0.25, 0.3) is 0 Å². The van der Waals surface area contributed by atoms with Crippen molar-refractivity contribution in [2.75, 3.05) is 6.61 Å². The summed E-state index contributed by atoms with van der Waals surface area (Å²) in [6.45, 7) is 1.36. The van der Waals surface area contributed by atoms with Crippen LogP contribution in [0.1, 0.15) is 19.8 Å². The maximum atomic E-state index is 11.0. The minimum absolute atomic E-state index is 0.102. The molecule has 0 aliphatic carbocycles. The molecule has 0 aromatic carbocycles. The van der Waals surface area contributed by atoms with Crippen molar-refractivity contribution in [3.8, 4) is 0 Å². The first-order valence-electron chi connectivity index (χ1n) is 5.59. The van der Waals surface area contributed by atoms with Crippen LogP contribution in [0.5, 0.6) is 0 Å². The van der Waals surface area contributed by atoms with Gasteiger partial charge in [0.15, 0.2) is 0 Å². The molecule has 2 atom stereocenters. The number of carboxylic acids is 3. The summed E-state index contributed by atoms with van der Waals surface area (Å²) >= 11 is 0. The summed E-state index contributed by atoms with van der Waals surface area (Å²) in [5.41, 5.74) is 5.19. The second-order valence-electron chi connectivity index (χ2n) is 3.90. The van der Waals surface area contributed by atoms with Crippen molar-refractivity contribution in [3.63, 3.8) is 0 Å². The van der Waals surface area contributed by atoms with E-state index in [9.17, 15) is 14.4 Å². The number of rotatable bonds is 10. The Balaban J connectivity index is 4.50. The third-order valence-electron chi connectivity index (χ3n) is 2.08. The number of hydrogen-bond acceptors (Lipinski definition) is 6. The highest BCUT2D eigenvalue weighted by molar-refractivity contribution is 5.82. The van der Waals surface area contributed by atoms with Crippen LogP contribution in [0, 0.1) is 0 Å². The largest absolute Gasteiger partial charge is 0.481 e. The topological polar surface area (TPSA) is 172 Å². The highest BCUT2D eigenvalue weighted by atomic mass is 16.6. The number of carbonyl (C=O) groups is 3. The molecule has 114 valence electrons. The molecule has 0 aromatic rings. The van der Waals surface area contributed by atoms with Crippen LogP contribution >= 0.6 is 0 Å². The highest BCUT2D eigenvalue weighted by Crippen LogP contribution is 2.01. The van der Waals surface area contributed by atoms with E-state index in [0.29, 0.717) is 0 Å². The summed E-state index contributed by atoms with van der Waals surface area (Å²) in [6, 6.07) is -2.78. The van der Waals surface area contributed by atoms with Gasteiger partial charge in [-0.05, 0) is 6.92 Å². The van der Waals surface area contributed by atoms with E-state index in [4.69, 9.17) is 25.9 Å². The first kappa shape index (κ1) is 17.6. The van der Waals surface area contributed by atoms with Gasteiger partial charge in [-0.2, -0.15) is 0 Å². The smallest absolute Gasteiger partial charge is 0.321 e. The highest BCUT2D eigenvalue weighted by Gasteiger charge is 2.27. The summed E-state index contributed by atoms with van der Waals surface area (Å²) in [7, 11) is 0. The number of oxime groups is 1. The van der Waals surface area contributed by atoms with Crippen molar-refractivity contribution in [1.29, 1.82) is 0 Å². The van der Waals surface area contributed by atoms with Crippen LogP contribution in [0.15, 0.2) is 5.16 Å². The van der Waals surface area contributed by atoms with Crippen LogP contribution in [0.2, 0.25) is 0 Å². The molecule has 0 rings (SSSR count). The van der Waals surface area contributed by atoms with Gasteiger partial charge < -0.3 is 25.9 Å². The van der Waals surface area contributed by atoms with Crippen LogP contribution in [-0.4, -0.2) is 57.8 Å². The Morgan fingerprint density at radius 2 is 1.75 bits per heavy atom. The number of nitrogens with zero attached hydrogens (tertiary/aromatic N) is 1. The van der Waals surface area contributed by atoms with Gasteiger partial charge in [-0.3, -0.25) is 19.7 Å². The molecule has 0 fully saturated rings. The van der Waals surface area contributed by atoms with E-state index in [1.165, 1.54) is 6.92 Å². The SMILES string of the molecule is C/C(N)=N/OCC[C@H](NC(CC(=O)O)C(=O)O)C(=O)O. The molecule has 0 amide bonds. The average molecular weight is 291 g/mol. The van der Waals surface area contributed by atoms with E-state index < -0.39 is 36.4 Å². The third-order valence-corrected chi connectivity index (χ3v) is 2.08. The lowest BCUT2D eigenvalue weighted by Crippen LogP contribution is -2.48. The molecule has 0 bridgehead atoms. The van der Waals surface area contributed by atoms with Crippen molar-refractivity contribution in [2.45, 2.75) is 31.8 Å². The summed E-state index contributed by atoms with van der Waals surface area (Å²) in [5, 5.41) is 31.9. The summed E-state index contributed by atoms with van der Waals surface area (Å²) < 4.78 is 0. The van der Waals surface area contributed by atoms with Gasteiger partial charge in [-0.25, -0.2) is 0 Å². The van der Waals surface area contributed by atoms with Crippen molar-refractivity contribution >= 4 is 23.7 Å². The van der Waals surface area contributed by atoms with Gasteiger partial charge in [0.05, 0.1) is 6.42 Å². The van der Waals surface area contributed by atoms with E-state index in [1.54, 1.807) is 0 Å². The predicted octanol–water partition coefficient (Wildman–Crippen LogP) is -1.34. The Morgan fingerprint density at radius 1 is 1.20 bits per heavy atom. The van der Waals surface area contributed by atoms with Gasteiger partial charge in [-0.15, -0.1) is 0 Å². The zero-order valence-corrected chi connectivity index (χ0v) is 10.8. The van der Waals surface area contributed by atoms with E-state index in [1.807, 2.05) is 0 Å². The fourth-order valence-corrected chi connectivity index (χ4v) is 1.23. The van der Waals surface area contributed by atoms with Crippen molar-refractivity contribution in [2.24, 2.45) is 10.9 Å². The number of nitrogens with two attached hydrogens (primary N) is 1. The van der Waals surface area contributed by atoms with Crippen LogP contribution in [-0.2, 0) is 19.2 Å². The van der Waals surface area contributed by atoms with Crippen molar-refractivity contribution < 1.29 is 34.5 Å². The molecule has 0 aliphatic rings. The molecule has 6 N–H and O–H groups in total. The molecular formula is C10H17N3O7. The van der Waals surface area contributed by atoms with Crippen molar-refractivity contribution in [3.05, 3.63) is 0 Å². The van der Waals surface area contributed by atoms with Crippen LogP contribution in [0.4, 0.5) is 0 Å². The van der Waals surface area contributed by atoms with E-state index in [-0.39, 0.29) is 18.9 Å². The Labute approximate surface area is 114 Å². The van der Waals surface area contributed by atoms with Gasteiger partial charge in [0, 0.05) is 6.42 Å². The fourth-order valence-electron chi connectivity index (χ4n) is 1.23. The van der Waals surface area contributed by atoms with Gasteiger partial charge in [-0.1, -0.05) is 5.16 Å². The first-order chi connectivity index (χ1) is 9.23. The number of aliphatic carboxylic acids is 3. The van der Waals surface area contributed by atoms with Crippen LogP contribution in [0.3, 0.4) is 0 Å². The standard InChI is InChI=1S/C10H17N3O7/c1-5(11)13-20-3-2-6(9(16)17)12-7(10(18)19)4-8(14)15/h6-7,12H,2-4H2,1H3,(H2,11,13)(H,14,15)(H,16,17)(H,18,19)/t6-,7?/m0/s1. The minimum Gasteiger partial charge on any atom is -0.481 e. The zero-order valence-electron chi connectivity index (χ0n) is 10.8. The molecule has 0 aromatic heterocycles. The predicted molar refractivity (Wildman–Crippen MR) is 66.1 cm³/mol. The first-order valence-corrected chi connectivity index (χ1v) is 5.59. The summed E-state index contributed by atoms with van der Waals surface area (Å²) in [6.07, 6.45) is -0.838. The van der Waals surface area contributed by atoms with Crippen LogP contribution < -0.4 is 11.1 Å². The van der Waals surface area contributed by atoms with E-state index in [0.717, 1.165) is 0 Å². The second-order valence-corrected chi connectivity index (χ2v) is 3.90. The lowest BCUT2D eigenvalue weighted by molar-refractivity contribution is -0.148. The van der Waals surface area contributed by atoms with E-state index >= 15 is 0 Å². The number of nitrogens with one attached hydrogen (secondary N) is 1. The summed E-state index contributed by atoms with van der Waals surface area (Å²) in [4.78, 5) is 37.0. The molecule has 0 heterocycles. The fraction of sp³-hybridized carbons (Fsp3) is 0.600. The average Bonchev–Trinajstić information content (AvgIpc) is 2.30. The van der Waals surface area contributed by atoms with Gasteiger partial charge in [0.1, 0.15) is 24.5 Å².